The number of aliphatic carboxylic acids is 1. The quantitative estimate of drug-likeness (QED) is 0.604. The highest BCUT2D eigenvalue weighted by Crippen LogP contribution is 2.01. The van der Waals surface area contributed by atoms with E-state index in [4.69, 9.17) is 5.11 Å². The van der Waals surface area contributed by atoms with Gasteiger partial charge >= 0.3 is 5.97 Å². The van der Waals surface area contributed by atoms with Crippen LogP contribution in [0.4, 0.5) is 0 Å². The van der Waals surface area contributed by atoms with Gasteiger partial charge in [-0.25, -0.2) is 9.78 Å². The van der Waals surface area contributed by atoms with Crippen molar-refractivity contribution in [3.63, 3.8) is 0 Å². The molecule has 0 aliphatic rings. The van der Waals surface area contributed by atoms with Gasteiger partial charge in [-0.3, -0.25) is 4.79 Å². The molecule has 0 aliphatic carbocycles. The molecule has 4 N–H and O–H groups in total. The molecular formula is C11H12N4O3. The van der Waals surface area contributed by atoms with Gasteiger partial charge in [0, 0.05) is 24.5 Å². The SMILES string of the molecule is O=C(NC(Cc1cnc[nH]1)C(=O)O)c1ccc[nH]1. The average Bonchev–Trinajstić information content (AvgIpc) is 3.00. The van der Waals surface area contributed by atoms with Crippen LogP contribution in [0.3, 0.4) is 0 Å². The minimum absolute atomic E-state index is 0.155. The molecule has 7 heteroatoms. The van der Waals surface area contributed by atoms with Crippen LogP contribution in [0.25, 0.3) is 0 Å². The minimum Gasteiger partial charge on any atom is -0.480 e. The molecule has 2 heterocycles. The zero-order valence-electron chi connectivity index (χ0n) is 9.38. The molecule has 18 heavy (non-hydrogen) atoms. The number of nitrogens with one attached hydrogen (secondary N) is 3. The van der Waals surface area contributed by atoms with E-state index < -0.39 is 17.9 Å². The first-order valence-corrected chi connectivity index (χ1v) is 5.31. The van der Waals surface area contributed by atoms with Crippen molar-refractivity contribution < 1.29 is 14.7 Å². The number of carbonyl (C=O) groups is 2. The van der Waals surface area contributed by atoms with Crippen LogP contribution >= 0.6 is 0 Å². The average molecular weight is 248 g/mol. The fourth-order valence-corrected chi connectivity index (χ4v) is 1.52. The lowest BCUT2D eigenvalue weighted by molar-refractivity contribution is -0.139. The molecule has 1 amide bonds. The number of carboxylic acids is 1. The summed E-state index contributed by atoms with van der Waals surface area (Å²) in [6, 6.07) is 2.24. The number of aromatic amines is 2. The van der Waals surface area contributed by atoms with Crippen LogP contribution in [0, 0.1) is 0 Å². The summed E-state index contributed by atoms with van der Waals surface area (Å²) in [6.07, 6.45) is 4.74. The summed E-state index contributed by atoms with van der Waals surface area (Å²) >= 11 is 0. The second-order valence-electron chi connectivity index (χ2n) is 3.73. The molecule has 2 aromatic heterocycles. The van der Waals surface area contributed by atoms with E-state index in [1.807, 2.05) is 0 Å². The zero-order chi connectivity index (χ0) is 13.0. The lowest BCUT2D eigenvalue weighted by Gasteiger charge is -2.12. The van der Waals surface area contributed by atoms with Gasteiger partial charge in [0.25, 0.3) is 5.91 Å². The molecule has 0 saturated heterocycles. The number of imidazole rings is 1. The van der Waals surface area contributed by atoms with Crippen molar-refractivity contribution in [3.05, 3.63) is 42.2 Å². The van der Waals surface area contributed by atoms with Gasteiger partial charge < -0.3 is 20.4 Å². The Kier molecular flexibility index (Phi) is 3.42. The molecule has 1 atom stereocenters. The highest BCUT2D eigenvalue weighted by atomic mass is 16.4. The summed E-state index contributed by atoms with van der Waals surface area (Å²) in [7, 11) is 0. The largest absolute Gasteiger partial charge is 0.480 e. The predicted octanol–water partition coefficient (Wildman–Crippen LogP) is 0.163. The Morgan fingerprint density at radius 2 is 2.28 bits per heavy atom. The molecule has 0 aliphatic heterocycles. The number of hydrogen-bond donors (Lipinski definition) is 4. The van der Waals surface area contributed by atoms with E-state index in [9.17, 15) is 9.59 Å². The lowest BCUT2D eigenvalue weighted by Crippen LogP contribution is -2.42. The van der Waals surface area contributed by atoms with Crippen LogP contribution in [0.5, 0.6) is 0 Å². The number of carbonyl (C=O) groups excluding carboxylic acids is 1. The Bertz CT molecular complexity index is 518. The van der Waals surface area contributed by atoms with Crippen molar-refractivity contribution in [2.75, 3.05) is 0 Å². The van der Waals surface area contributed by atoms with Gasteiger partial charge in [-0.15, -0.1) is 0 Å². The second kappa shape index (κ2) is 5.17. The first kappa shape index (κ1) is 11.9. The number of aromatic nitrogens is 3. The van der Waals surface area contributed by atoms with E-state index in [0.717, 1.165) is 0 Å². The molecule has 0 aromatic carbocycles. The van der Waals surface area contributed by atoms with Crippen LogP contribution in [-0.4, -0.2) is 38.0 Å². The van der Waals surface area contributed by atoms with Crippen molar-refractivity contribution in [2.24, 2.45) is 0 Å². The molecule has 0 bridgehead atoms. The normalized spacial score (nSPS) is 12.0. The number of H-pyrrole nitrogens is 2. The molecule has 1 unspecified atom stereocenters. The number of carboxylic acid groups (broad SMARTS) is 1. The van der Waals surface area contributed by atoms with E-state index in [1.54, 1.807) is 18.3 Å². The summed E-state index contributed by atoms with van der Waals surface area (Å²) in [5, 5.41) is 11.5. The molecule has 7 nitrogen and oxygen atoms in total. The summed E-state index contributed by atoms with van der Waals surface area (Å²) in [6.45, 7) is 0. The topological polar surface area (TPSA) is 111 Å². The van der Waals surface area contributed by atoms with Crippen LogP contribution in [0.1, 0.15) is 16.2 Å². The summed E-state index contributed by atoms with van der Waals surface area (Å²) in [5.74, 6) is -1.54. The van der Waals surface area contributed by atoms with E-state index in [1.165, 1.54) is 12.5 Å². The van der Waals surface area contributed by atoms with Gasteiger partial charge in [0.15, 0.2) is 0 Å². The second-order valence-corrected chi connectivity index (χ2v) is 3.73. The van der Waals surface area contributed by atoms with Gasteiger partial charge in [0.05, 0.1) is 6.33 Å². The molecule has 0 radical (unpaired) electrons. The first-order chi connectivity index (χ1) is 8.66. The molecule has 0 spiro atoms. The van der Waals surface area contributed by atoms with Crippen LogP contribution in [0.2, 0.25) is 0 Å². The molecule has 0 saturated carbocycles. The maximum atomic E-state index is 11.7. The third-order valence-electron chi connectivity index (χ3n) is 2.42. The van der Waals surface area contributed by atoms with E-state index in [0.29, 0.717) is 11.4 Å². The number of hydrogen-bond acceptors (Lipinski definition) is 3. The minimum atomic E-state index is -1.09. The lowest BCUT2D eigenvalue weighted by atomic mass is 10.1. The van der Waals surface area contributed by atoms with Crippen molar-refractivity contribution >= 4 is 11.9 Å². The van der Waals surface area contributed by atoms with Crippen molar-refractivity contribution in [1.82, 2.24) is 20.3 Å². The van der Waals surface area contributed by atoms with Crippen molar-refractivity contribution in [3.8, 4) is 0 Å². The summed E-state index contributed by atoms with van der Waals surface area (Å²) in [5.41, 5.74) is 0.972. The van der Waals surface area contributed by atoms with Crippen molar-refractivity contribution in [1.29, 1.82) is 0 Å². The van der Waals surface area contributed by atoms with Gasteiger partial charge in [0.1, 0.15) is 11.7 Å². The smallest absolute Gasteiger partial charge is 0.326 e. The zero-order valence-corrected chi connectivity index (χ0v) is 9.38. The van der Waals surface area contributed by atoms with E-state index in [-0.39, 0.29) is 6.42 Å². The van der Waals surface area contributed by atoms with Crippen LogP contribution < -0.4 is 5.32 Å². The van der Waals surface area contributed by atoms with Crippen molar-refractivity contribution in [2.45, 2.75) is 12.5 Å². The number of rotatable bonds is 5. The van der Waals surface area contributed by atoms with Gasteiger partial charge in [0.2, 0.25) is 0 Å². The highest BCUT2D eigenvalue weighted by Gasteiger charge is 2.21. The molecular weight excluding hydrogens is 236 g/mol. The number of amides is 1. The third kappa shape index (κ3) is 2.76. The molecule has 94 valence electrons. The maximum Gasteiger partial charge on any atom is 0.326 e. The molecule has 2 rings (SSSR count). The monoisotopic (exact) mass is 248 g/mol. The standard InChI is InChI=1S/C11H12N4O3/c16-10(8-2-1-3-13-8)15-9(11(17)18)4-7-5-12-6-14-7/h1-3,5-6,9,13H,4H2,(H,12,14)(H,15,16)(H,17,18). The Morgan fingerprint density at radius 1 is 1.44 bits per heavy atom. The summed E-state index contributed by atoms with van der Waals surface area (Å²) in [4.78, 5) is 32.1. The summed E-state index contributed by atoms with van der Waals surface area (Å²) < 4.78 is 0. The Labute approximate surface area is 102 Å². The van der Waals surface area contributed by atoms with Gasteiger partial charge in [-0.05, 0) is 12.1 Å². The van der Waals surface area contributed by atoms with Gasteiger partial charge in [-0.2, -0.15) is 0 Å². The number of nitrogens with zero attached hydrogens (tertiary/aromatic N) is 1. The van der Waals surface area contributed by atoms with E-state index in [2.05, 4.69) is 20.3 Å². The third-order valence-corrected chi connectivity index (χ3v) is 2.42. The molecule has 2 aromatic rings. The fourth-order valence-electron chi connectivity index (χ4n) is 1.52. The Balaban J connectivity index is 2.03. The Hall–Kier alpha value is -2.57. The fraction of sp³-hybridized carbons (Fsp3) is 0.182. The first-order valence-electron chi connectivity index (χ1n) is 5.31. The van der Waals surface area contributed by atoms with Crippen LogP contribution in [0.15, 0.2) is 30.9 Å². The van der Waals surface area contributed by atoms with E-state index >= 15 is 0 Å². The highest BCUT2D eigenvalue weighted by molar-refractivity contribution is 5.95. The van der Waals surface area contributed by atoms with Gasteiger partial charge in [-0.1, -0.05) is 0 Å². The maximum absolute atomic E-state index is 11.7. The Morgan fingerprint density at radius 3 is 2.83 bits per heavy atom. The van der Waals surface area contributed by atoms with Crippen LogP contribution in [-0.2, 0) is 11.2 Å². The predicted molar refractivity (Wildman–Crippen MR) is 62.0 cm³/mol. The molecule has 0 fully saturated rings.